The fraction of sp³-hybridized carbons (Fsp3) is 0.235. The highest BCUT2D eigenvalue weighted by Crippen LogP contribution is 2.30. The number of carbonyl (C=O) groups excluding carboxylic acids is 1. The number of rotatable bonds is 3. The second-order valence-corrected chi connectivity index (χ2v) is 5.48. The first-order valence-electron chi connectivity index (χ1n) is 7.36. The van der Waals surface area contributed by atoms with Gasteiger partial charge in [-0.05, 0) is 5.56 Å². The zero-order valence-electron chi connectivity index (χ0n) is 12.8. The number of quaternary nitrogens is 1. The molecule has 2 aromatic rings. The molecule has 1 aliphatic rings. The van der Waals surface area contributed by atoms with E-state index in [0.29, 0.717) is 0 Å². The molecular formula is C17H19N4O+. The minimum absolute atomic E-state index is 0.0684. The van der Waals surface area contributed by atoms with Crippen LogP contribution in [0, 0.1) is 0 Å². The average Bonchev–Trinajstić information content (AvgIpc) is 3.17. The second kappa shape index (κ2) is 5.69. The molecule has 1 amide bonds. The third kappa shape index (κ3) is 2.40. The van der Waals surface area contributed by atoms with Gasteiger partial charge in [0.15, 0.2) is 0 Å². The summed E-state index contributed by atoms with van der Waals surface area (Å²) < 4.78 is 1.59. The number of aliphatic imine (C=N–C) groups is 1. The van der Waals surface area contributed by atoms with Crippen molar-refractivity contribution in [2.75, 3.05) is 7.05 Å². The van der Waals surface area contributed by atoms with Crippen LogP contribution in [0.15, 0.2) is 65.4 Å². The first-order valence-corrected chi connectivity index (χ1v) is 7.36. The molecule has 0 aliphatic carbocycles. The van der Waals surface area contributed by atoms with Gasteiger partial charge in [-0.15, -0.1) is 0 Å². The average molecular weight is 295 g/mol. The summed E-state index contributed by atoms with van der Waals surface area (Å²) in [6, 6.07) is 10.1. The van der Waals surface area contributed by atoms with E-state index < -0.39 is 0 Å². The monoisotopic (exact) mass is 295 g/mol. The molecule has 0 fully saturated rings. The van der Waals surface area contributed by atoms with Crippen LogP contribution in [0.25, 0.3) is 0 Å². The van der Waals surface area contributed by atoms with Gasteiger partial charge in [0.25, 0.3) is 0 Å². The van der Waals surface area contributed by atoms with Crippen molar-refractivity contribution in [3.8, 4) is 0 Å². The number of carbonyl (C=O) groups is 1. The zero-order valence-corrected chi connectivity index (χ0v) is 12.8. The van der Waals surface area contributed by atoms with E-state index in [1.165, 1.54) is 16.5 Å². The molecule has 2 heterocycles. The summed E-state index contributed by atoms with van der Waals surface area (Å²) in [4.78, 5) is 21.3. The van der Waals surface area contributed by atoms with Gasteiger partial charge in [-0.25, -0.2) is 19.3 Å². The van der Waals surface area contributed by atoms with E-state index in [2.05, 4.69) is 29.0 Å². The summed E-state index contributed by atoms with van der Waals surface area (Å²) in [5, 5.41) is 0. The Morgan fingerprint density at radius 1 is 1.27 bits per heavy atom. The third-order valence-corrected chi connectivity index (χ3v) is 4.01. The van der Waals surface area contributed by atoms with Gasteiger partial charge in [0.1, 0.15) is 17.7 Å². The van der Waals surface area contributed by atoms with Crippen LogP contribution in [0.1, 0.15) is 18.9 Å². The predicted octanol–water partition coefficient (Wildman–Crippen LogP) is 3.20. The Morgan fingerprint density at radius 3 is 2.68 bits per heavy atom. The molecule has 0 saturated heterocycles. The summed E-state index contributed by atoms with van der Waals surface area (Å²) in [6.45, 7) is 2.06. The smallest absolute Gasteiger partial charge is 0.245 e. The van der Waals surface area contributed by atoms with Gasteiger partial charge >= 0.3 is 6.03 Å². The maximum Gasteiger partial charge on any atom is 0.439 e. The van der Waals surface area contributed by atoms with Crippen molar-refractivity contribution in [2.24, 2.45) is 4.99 Å². The molecule has 0 spiro atoms. The van der Waals surface area contributed by atoms with Crippen molar-refractivity contribution in [3.63, 3.8) is 0 Å². The molecular weight excluding hydrogens is 276 g/mol. The Labute approximate surface area is 129 Å². The number of nitrogens with zero attached hydrogens (tertiary/aromatic N) is 4. The molecule has 1 atom stereocenters. The Balaban J connectivity index is 1.94. The van der Waals surface area contributed by atoms with Gasteiger partial charge in [-0.2, -0.15) is 4.48 Å². The molecule has 1 aromatic carbocycles. The first kappa shape index (κ1) is 14.4. The quantitative estimate of drug-likeness (QED) is 0.816. The number of hydrogen-bond donors (Lipinski definition) is 0. The standard InChI is InChI=1S/C17H19N4O/c1-3-16-15(11-14-7-5-4-6-8-14)19-13-21(16,2)17(22)20-10-9-18-12-20/h4-10,12-13H,3,11H2,1-2H3/q+1. The third-order valence-electron chi connectivity index (χ3n) is 4.01. The minimum Gasteiger partial charge on any atom is -0.245 e. The summed E-state index contributed by atoms with van der Waals surface area (Å²) in [5.41, 5.74) is 3.20. The van der Waals surface area contributed by atoms with Crippen LogP contribution in [0.5, 0.6) is 0 Å². The van der Waals surface area contributed by atoms with Gasteiger partial charge in [0.2, 0.25) is 6.34 Å². The largest absolute Gasteiger partial charge is 0.439 e. The van der Waals surface area contributed by atoms with Gasteiger partial charge in [0.05, 0.1) is 7.05 Å². The van der Waals surface area contributed by atoms with Crippen LogP contribution < -0.4 is 0 Å². The van der Waals surface area contributed by atoms with Gasteiger partial charge < -0.3 is 0 Å². The Bertz CT molecular complexity index is 731. The van der Waals surface area contributed by atoms with Crippen LogP contribution in [-0.4, -0.2) is 33.5 Å². The van der Waals surface area contributed by atoms with Crippen molar-refractivity contribution >= 4 is 12.4 Å². The lowest BCUT2D eigenvalue weighted by atomic mass is 10.1. The Kier molecular flexibility index (Phi) is 3.73. The van der Waals surface area contributed by atoms with Gasteiger partial charge in [0, 0.05) is 25.2 Å². The van der Waals surface area contributed by atoms with E-state index >= 15 is 0 Å². The second-order valence-electron chi connectivity index (χ2n) is 5.48. The van der Waals surface area contributed by atoms with Crippen LogP contribution in [-0.2, 0) is 6.42 Å². The summed E-state index contributed by atoms with van der Waals surface area (Å²) in [6.07, 6.45) is 8.05. The highest BCUT2D eigenvalue weighted by Gasteiger charge is 2.41. The van der Waals surface area contributed by atoms with Crippen LogP contribution in [0.2, 0.25) is 0 Å². The molecule has 22 heavy (non-hydrogen) atoms. The predicted molar refractivity (Wildman–Crippen MR) is 85.2 cm³/mol. The van der Waals surface area contributed by atoms with Crippen LogP contribution in [0.4, 0.5) is 4.79 Å². The number of imidazole rings is 1. The maximum absolute atomic E-state index is 12.8. The molecule has 5 heteroatoms. The topological polar surface area (TPSA) is 47.2 Å². The molecule has 112 valence electrons. The van der Waals surface area contributed by atoms with E-state index in [0.717, 1.165) is 24.2 Å². The van der Waals surface area contributed by atoms with Gasteiger partial charge in [-0.1, -0.05) is 37.3 Å². The molecule has 0 N–H and O–H groups in total. The summed E-state index contributed by atoms with van der Waals surface area (Å²) >= 11 is 0. The maximum atomic E-state index is 12.8. The van der Waals surface area contributed by atoms with Crippen LogP contribution in [0.3, 0.4) is 0 Å². The minimum atomic E-state index is -0.0684. The van der Waals surface area contributed by atoms with E-state index in [1.54, 1.807) is 18.7 Å². The number of amides is 1. The van der Waals surface area contributed by atoms with E-state index in [4.69, 9.17) is 0 Å². The molecule has 1 aliphatic heterocycles. The summed E-state index contributed by atoms with van der Waals surface area (Å²) in [5.74, 6) is 0. The normalized spacial score (nSPS) is 20.6. The lowest BCUT2D eigenvalue weighted by Crippen LogP contribution is -2.47. The summed E-state index contributed by atoms with van der Waals surface area (Å²) in [7, 11) is 1.88. The Hall–Kier alpha value is -2.53. The number of benzene rings is 1. The number of allylic oxidation sites excluding steroid dienone is 2. The molecule has 5 nitrogen and oxygen atoms in total. The highest BCUT2D eigenvalue weighted by atomic mass is 16.2. The number of hydrogen-bond acceptors (Lipinski definition) is 3. The van der Waals surface area contributed by atoms with Crippen molar-refractivity contribution in [3.05, 3.63) is 66.0 Å². The van der Waals surface area contributed by atoms with E-state index in [-0.39, 0.29) is 10.5 Å². The molecule has 1 unspecified atom stereocenters. The zero-order chi connectivity index (χ0) is 15.6. The molecule has 3 rings (SSSR count). The van der Waals surface area contributed by atoms with Crippen molar-refractivity contribution < 1.29 is 9.28 Å². The molecule has 1 aromatic heterocycles. The fourth-order valence-electron chi connectivity index (χ4n) is 2.84. The van der Waals surface area contributed by atoms with Gasteiger partial charge in [-0.3, -0.25) is 0 Å². The first-order chi connectivity index (χ1) is 10.6. The molecule has 0 radical (unpaired) electrons. The van der Waals surface area contributed by atoms with E-state index in [9.17, 15) is 4.79 Å². The lowest BCUT2D eigenvalue weighted by Gasteiger charge is -2.24. The lowest BCUT2D eigenvalue weighted by molar-refractivity contribution is -0.683. The molecule has 0 saturated carbocycles. The highest BCUT2D eigenvalue weighted by molar-refractivity contribution is 5.80. The number of aromatic nitrogens is 2. The van der Waals surface area contributed by atoms with Crippen LogP contribution >= 0.6 is 0 Å². The van der Waals surface area contributed by atoms with E-state index in [1.807, 2.05) is 25.2 Å². The van der Waals surface area contributed by atoms with Crippen molar-refractivity contribution in [1.82, 2.24) is 9.55 Å². The Morgan fingerprint density at radius 2 is 2.05 bits per heavy atom. The van der Waals surface area contributed by atoms with Crippen molar-refractivity contribution in [2.45, 2.75) is 19.8 Å². The fourth-order valence-corrected chi connectivity index (χ4v) is 2.84. The van der Waals surface area contributed by atoms with Crippen molar-refractivity contribution in [1.29, 1.82) is 0 Å². The molecule has 0 bridgehead atoms. The SMILES string of the molecule is CCC1=C(Cc2ccccc2)N=C[N+]1(C)C(=O)n1ccnc1.